The fourth-order valence-corrected chi connectivity index (χ4v) is 3.44. The minimum Gasteiger partial charge on any atom is -0.489 e. The first-order valence-electron chi connectivity index (χ1n) is 8.72. The zero-order valence-corrected chi connectivity index (χ0v) is 14.1. The van der Waals surface area contributed by atoms with Crippen molar-refractivity contribution in [1.29, 1.82) is 0 Å². The molecule has 0 bridgehead atoms. The van der Waals surface area contributed by atoms with Crippen molar-refractivity contribution < 1.29 is 14.3 Å². The van der Waals surface area contributed by atoms with Crippen LogP contribution in [0.15, 0.2) is 54.6 Å². The van der Waals surface area contributed by atoms with Gasteiger partial charge in [0.1, 0.15) is 12.4 Å². The van der Waals surface area contributed by atoms with Gasteiger partial charge in [-0.25, -0.2) is 0 Å². The molecule has 0 aliphatic carbocycles. The lowest BCUT2D eigenvalue weighted by Crippen LogP contribution is -2.48. The molecule has 2 aliphatic heterocycles. The number of hydrogen-bond donors (Lipinski definition) is 0. The van der Waals surface area contributed by atoms with E-state index in [1.807, 2.05) is 47.4 Å². The molecule has 0 spiro atoms. The Bertz CT molecular complexity index is 729. The maximum atomic E-state index is 13.2. The van der Waals surface area contributed by atoms with Crippen LogP contribution in [0.25, 0.3) is 0 Å². The van der Waals surface area contributed by atoms with Crippen LogP contribution in [0.4, 0.5) is 5.69 Å². The summed E-state index contributed by atoms with van der Waals surface area (Å²) in [4.78, 5) is 17.3. The number of nitrogens with zero attached hydrogens (tertiary/aromatic N) is 2. The van der Waals surface area contributed by atoms with E-state index in [1.165, 1.54) is 0 Å². The third kappa shape index (κ3) is 3.38. The van der Waals surface area contributed by atoms with Crippen LogP contribution in [0.2, 0.25) is 0 Å². The zero-order chi connectivity index (χ0) is 17.1. The number of morpholine rings is 1. The van der Waals surface area contributed by atoms with Crippen molar-refractivity contribution in [3.63, 3.8) is 0 Å². The topological polar surface area (TPSA) is 42.0 Å². The summed E-state index contributed by atoms with van der Waals surface area (Å²) in [6.45, 7) is 3.85. The first-order valence-corrected chi connectivity index (χ1v) is 8.72. The van der Waals surface area contributed by atoms with Gasteiger partial charge in [0.2, 0.25) is 5.91 Å². The second-order valence-corrected chi connectivity index (χ2v) is 6.36. The number of carbonyl (C=O) groups excluding carboxylic acids is 1. The monoisotopic (exact) mass is 338 g/mol. The van der Waals surface area contributed by atoms with Gasteiger partial charge in [-0.3, -0.25) is 14.6 Å². The van der Waals surface area contributed by atoms with Gasteiger partial charge in [-0.15, -0.1) is 0 Å². The largest absolute Gasteiger partial charge is 0.489 e. The number of carbonyl (C=O) groups is 1. The molecule has 0 saturated carbocycles. The summed E-state index contributed by atoms with van der Waals surface area (Å²) in [6, 6.07) is 17.8. The molecular weight excluding hydrogens is 316 g/mol. The molecule has 2 aromatic carbocycles. The van der Waals surface area contributed by atoms with E-state index in [9.17, 15) is 4.79 Å². The highest BCUT2D eigenvalue weighted by Crippen LogP contribution is 2.39. The highest BCUT2D eigenvalue weighted by atomic mass is 16.5. The summed E-state index contributed by atoms with van der Waals surface area (Å²) < 4.78 is 11.3. The summed E-state index contributed by atoms with van der Waals surface area (Å²) in [5.41, 5.74) is 1.94. The Balaban J connectivity index is 1.64. The van der Waals surface area contributed by atoms with Gasteiger partial charge in [0.05, 0.1) is 31.5 Å². The third-order valence-electron chi connectivity index (χ3n) is 4.75. The molecule has 25 heavy (non-hydrogen) atoms. The van der Waals surface area contributed by atoms with Gasteiger partial charge in [-0.2, -0.15) is 0 Å². The van der Waals surface area contributed by atoms with Crippen molar-refractivity contribution in [2.45, 2.75) is 6.04 Å². The Hall–Kier alpha value is -2.37. The van der Waals surface area contributed by atoms with Gasteiger partial charge in [0.25, 0.3) is 0 Å². The van der Waals surface area contributed by atoms with E-state index in [-0.39, 0.29) is 11.9 Å². The standard InChI is InChI=1S/C20H22N2O3/c23-20(14-21-10-12-24-13-11-21)22-17-8-4-5-9-19(17)25-15-18(22)16-6-2-1-3-7-16/h1-9,18H,10-15H2/t18-/m0/s1. The van der Waals surface area contributed by atoms with E-state index in [0.29, 0.717) is 26.4 Å². The molecule has 0 radical (unpaired) electrons. The van der Waals surface area contributed by atoms with E-state index in [1.54, 1.807) is 0 Å². The lowest BCUT2D eigenvalue weighted by molar-refractivity contribution is -0.121. The van der Waals surface area contributed by atoms with Crippen LogP contribution >= 0.6 is 0 Å². The van der Waals surface area contributed by atoms with Gasteiger partial charge in [0.15, 0.2) is 0 Å². The lowest BCUT2D eigenvalue weighted by Gasteiger charge is -2.38. The van der Waals surface area contributed by atoms with E-state index >= 15 is 0 Å². The average molecular weight is 338 g/mol. The van der Waals surface area contributed by atoms with Crippen LogP contribution in [-0.4, -0.2) is 50.3 Å². The quantitative estimate of drug-likeness (QED) is 0.862. The Morgan fingerprint density at radius 2 is 1.72 bits per heavy atom. The van der Waals surface area contributed by atoms with E-state index in [2.05, 4.69) is 17.0 Å². The van der Waals surface area contributed by atoms with Crippen molar-refractivity contribution >= 4 is 11.6 Å². The third-order valence-corrected chi connectivity index (χ3v) is 4.75. The van der Waals surface area contributed by atoms with Crippen molar-refractivity contribution in [3.8, 4) is 5.75 Å². The lowest BCUT2D eigenvalue weighted by atomic mass is 10.0. The summed E-state index contributed by atoms with van der Waals surface area (Å²) in [7, 11) is 0. The molecule has 5 heteroatoms. The number of amides is 1. The molecule has 2 aliphatic rings. The van der Waals surface area contributed by atoms with Gasteiger partial charge in [-0.05, 0) is 17.7 Å². The van der Waals surface area contributed by atoms with Crippen LogP contribution in [0, 0.1) is 0 Å². The van der Waals surface area contributed by atoms with Crippen LogP contribution in [0.1, 0.15) is 11.6 Å². The van der Waals surface area contributed by atoms with Crippen LogP contribution in [-0.2, 0) is 9.53 Å². The Morgan fingerprint density at radius 3 is 2.52 bits per heavy atom. The molecule has 5 nitrogen and oxygen atoms in total. The molecule has 130 valence electrons. The molecule has 0 aromatic heterocycles. The molecule has 1 amide bonds. The Kier molecular flexibility index (Phi) is 4.68. The highest BCUT2D eigenvalue weighted by Gasteiger charge is 2.33. The predicted octanol–water partition coefficient (Wildman–Crippen LogP) is 2.49. The first-order chi connectivity index (χ1) is 12.3. The maximum absolute atomic E-state index is 13.2. The predicted molar refractivity (Wildman–Crippen MR) is 95.9 cm³/mol. The van der Waals surface area contributed by atoms with Crippen molar-refractivity contribution in [2.24, 2.45) is 0 Å². The second kappa shape index (κ2) is 7.25. The SMILES string of the molecule is O=C(CN1CCOCC1)N1c2ccccc2OC[C@H]1c1ccccc1. The fraction of sp³-hybridized carbons (Fsp3) is 0.350. The van der Waals surface area contributed by atoms with Gasteiger partial charge >= 0.3 is 0 Å². The average Bonchev–Trinajstić information content (AvgIpc) is 2.68. The van der Waals surface area contributed by atoms with E-state index in [4.69, 9.17) is 9.47 Å². The smallest absolute Gasteiger partial charge is 0.241 e. The first kappa shape index (κ1) is 16.1. The van der Waals surface area contributed by atoms with Crippen molar-refractivity contribution in [1.82, 2.24) is 4.90 Å². The highest BCUT2D eigenvalue weighted by molar-refractivity contribution is 5.97. The van der Waals surface area contributed by atoms with Crippen LogP contribution < -0.4 is 9.64 Å². The molecule has 4 rings (SSSR count). The molecule has 1 fully saturated rings. The van der Waals surface area contributed by atoms with E-state index < -0.39 is 0 Å². The number of ether oxygens (including phenoxy) is 2. The summed E-state index contributed by atoms with van der Waals surface area (Å²) in [5, 5.41) is 0. The molecular formula is C20H22N2O3. The number of fused-ring (bicyclic) bond motifs is 1. The summed E-state index contributed by atoms with van der Waals surface area (Å²) in [5.74, 6) is 0.872. The molecule has 0 unspecified atom stereocenters. The van der Waals surface area contributed by atoms with Crippen molar-refractivity contribution in [3.05, 3.63) is 60.2 Å². The van der Waals surface area contributed by atoms with Gasteiger partial charge in [0, 0.05) is 13.1 Å². The van der Waals surface area contributed by atoms with E-state index in [0.717, 1.165) is 30.1 Å². The summed E-state index contributed by atoms with van der Waals surface area (Å²) >= 11 is 0. The molecule has 1 saturated heterocycles. The molecule has 2 aromatic rings. The normalized spacial score (nSPS) is 20.6. The number of benzene rings is 2. The molecule has 0 N–H and O–H groups in total. The van der Waals surface area contributed by atoms with Gasteiger partial charge in [-0.1, -0.05) is 42.5 Å². The zero-order valence-electron chi connectivity index (χ0n) is 14.1. The Morgan fingerprint density at radius 1 is 1.00 bits per heavy atom. The minimum atomic E-state index is -0.107. The number of hydrogen-bond acceptors (Lipinski definition) is 4. The summed E-state index contributed by atoms with van der Waals surface area (Å²) in [6.07, 6.45) is 0. The number of anilines is 1. The van der Waals surface area contributed by atoms with Crippen molar-refractivity contribution in [2.75, 3.05) is 44.4 Å². The van der Waals surface area contributed by atoms with Gasteiger partial charge < -0.3 is 9.47 Å². The molecule has 1 atom stereocenters. The number of rotatable bonds is 3. The van der Waals surface area contributed by atoms with Crippen LogP contribution in [0.3, 0.4) is 0 Å². The Labute approximate surface area is 147 Å². The number of para-hydroxylation sites is 2. The maximum Gasteiger partial charge on any atom is 0.241 e. The second-order valence-electron chi connectivity index (χ2n) is 6.36. The fourth-order valence-electron chi connectivity index (χ4n) is 3.44. The molecule has 2 heterocycles. The van der Waals surface area contributed by atoms with Crippen LogP contribution in [0.5, 0.6) is 5.75 Å². The minimum absolute atomic E-state index is 0.103.